The minimum atomic E-state index is -0.221. The quantitative estimate of drug-likeness (QED) is 0.864. The summed E-state index contributed by atoms with van der Waals surface area (Å²) in [5.41, 5.74) is 5.89. The van der Waals surface area contributed by atoms with Gasteiger partial charge < -0.3 is 19.9 Å². The summed E-state index contributed by atoms with van der Waals surface area (Å²) in [6, 6.07) is 2.91. The number of nitrogen functional groups attached to an aromatic ring is 1. The third-order valence-corrected chi connectivity index (χ3v) is 3.86. The van der Waals surface area contributed by atoms with Crippen molar-refractivity contribution in [3.8, 4) is 0 Å². The number of anilines is 1. The molecule has 0 spiro atoms. The minimum Gasteiger partial charge on any atom is -0.398 e. The first-order valence-corrected chi connectivity index (χ1v) is 6.78. The molecule has 1 aromatic heterocycles. The molecule has 2 heterocycles. The Kier molecular flexibility index (Phi) is 4.44. The summed E-state index contributed by atoms with van der Waals surface area (Å²) >= 11 is 0. The first kappa shape index (κ1) is 14.6. The molecular weight excluding hydrogens is 258 g/mol. The van der Waals surface area contributed by atoms with Crippen molar-refractivity contribution in [1.29, 1.82) is 0 Å². The van der Waals surface area contributed by atoms with Crippen molar-refractivity contribution in [2.24, 2.45) is 5.92 Å². The summed E-state index contributed by atoms with van der Waals surface area (Å²) in [7, 11) is 1.66. The second-order valence-electron chi connectivity index (χ2n) is 5.31. The Hall–Kier alpha value is -1.82. The number of ether oxygens (including phenoxy) is 1. The van der Waals surface area contributed by atoms with Gasteiger partial charge in [-0.2, -0.15) is 0 Å². The standard InChI is InChI=1S/C14H21N3O3/c1-10-5-6-16(8-12(10)20-2)14(19)9-17-7-11(15)3-4-13(17)18/h3-4,7,10,12H,5-6,8-9,15H2,1-2H3. The summed E-state index contributed by atoms with van der Waals surface area (Å²) in [5.74, 6) is 0.366. The van der Waals surface area contributed by atoms with Crippen LogP contribution in [0.1, 0.15) is 13.3 Å². The Morgan fingerprint density at radius 1 is 1.50 bits per heavy atom. The lowest BCUT2D eigenvalue weighted by molar-refractivity contribution is -0.136. The summed E-state index contributed by atoms with van der Waals surface area (Å²) in [6.45, 7) is 3.43. The maximum absolute atomic E-state index is 12.3. The molecule has 110 valence electrons. The molecule has 6 nitrogen and oxygen atoms in total. The first-order valence-electron chi connectivity index (χ1n) is 6.78. The van der Waals surface area contributed by atoms with Crippen LogP contribution >= 0.6 is 0 Å². The summed E-state index contributed by atoms with van der Waals surface area (Å²) in [5, 5.41) is 0. The van der Waals surface area contributed by atoms with E-state index in [-0.39, 0.29) is 24.1 Å². The molecule has 2 atom stereocenters. The molecule has 0 bridgehead atoms. The van der Waals surface area contributed by atoms with Crippen molar-refractivity contribution < 1.29 is 9.53 Å². The van der Waals surface area contributed by atoms with Crippen molar-refractivity contribution >= 4 is 11.6 Å². The third kappa shape index (κ3) is 3.19. The fraction of sp³-hybridized carbons (Fsp3) is 0.571. The van der Waals surface area contributed by atoms with Crippen LogP contribution in [0.4, 0.5) is 5.69 Å². The number of nitrogens with two attached hydrogens (primary N) is 1. The van der Waals surface area contributed by atoms with E-state index in [2.05, 4.69) is 6.92 Å². The van der Waals surface area contributed by atoms with Crippen molar-refractivity contribution in [3.05, 3.63) is 28.7 Å². The van der Waals surface area contributed by atoms with E-state index in [1.165, 1.54) is 22.9 Å². The highest BCUT2D eigenvalue weighted by Crippen LogP contribution is 2.19. The Balaban J connectivity index is 2.05. The summed E-state index contributed by atoms with van der Waals surface area (Å²) in [4.78, 5) is 25.7. The van der Waals surface area contributed by atoms with Crippen LogP contribution in [0.25, 0.3) is 0 Å². The molecular formula is C14H21N3O3. The van der Waals surface area contributed by atoms with Gasteiger partial charge in [-0.25, -0.2) is 0 Å². The highest BCUT2D eigenvalue weighted by atomic mass is 16.5. The molecule has 1 aliphatic rings. The number of hydrogen-bond donors (Lipinski definition) is 1. The Labute approximate surface area is 118 Å². The van der Waals surface area contributed by atoms with Gasteiger partial charge in [0.1, 0.15) is 6.54 Å². The molecule has 20 heavy (non-hydrogen) atoms. The molecule has 1 saturated heterocycles. The van der Waals surface area contributed by atoms with Gasteiger partial charge in [0.2, 0.25) is 5.91 Å². The van der Waals surface area contributed by atoms with Gasteiger partial charge in [0.15, 0.2) is 0 Å². The first-order chi connectivity index (χ1) is 9.51. The summed E-state index contributed by atoms with van der Waals surface area (Å²) in [6.07, 6.45) is 2.47. The number of likely N-dealkylation sites (tertiary alicyclic amines) is 1. The van der Waals surface area contributed by atoms with Crippen LogP contribution in [0, 0.1) is 5.92 Å². The van der Waals surface area contributed by atoms with E-state index < -0.39 is 0 Å². The predicted molar refractivity (Wildman–Crippen MR) is 76.3 cm³/mol. The zero-order valence-electron chi connectivity index (χ0n) is 11.9. The number of aromatic nitrogens is 1. The lowest BCUT2D eigenvalue weighted by Crippen LogP contribution is -2.48. The minimum absolute atomic E-state index is 0.0225. The van der Waals surface area contributed by atoms with E-state index in [1.54, 1.807) is 12.0 Å². The van der Waals surface area contributed by atoms with Crippen LogP contribution in [0.15, 0.2) is 23.1 Å². The van der Waals surface area contributed by atoms with Gasteiger partial charge in [0.25, 0.3) is 5.56 Å². The largest absolute Gasteiger partial charge is 0.398 e. The molecule has 2 unspecified atom stereocenters. The number of piperidine rings is 1. The molecule has 6 heteroatoms. The van der Waals surface area contributed by atoms with E-state index in [9.17, 15) is 9.59 Å². The Morgan fingerprint density at radius 2 is 2.25 bits per heavy atom. The van der Waals surface area contributed by atoms with Gasteiger partial charge in [0.05, 0.1) is 6.10 Å². The van der Waals surface area contributed by atoms with E-state index in [4.69, 9.17) is 10.5 Å². The maximum atomic E-state index is 12.3. The highest BCUT2D eigenvalue weighted by Gasteiger charge is 2.28. The van der Waals surface area contributed by atoms with Gasteiger partial charge in [0, 0.05) is 38.1 Å². The number of carbonyl (C=O) groups excluding carboxylic acids is 1. The van der Waals surface area contributed by atoms with Gasteiger partial charge >= 0.3 is 0 Å². The smallest absolute Gasteiger partial charge is 0.251 e. The summed E-state index contributed by atoms with van der Waals surface area (Å²) < 4.78 is 6.74. The van der Waals surface area contributed by atoms with Crippen molar-refractivity contribution in [3.63, 3.8) is 0 Å². The van der Waals surface area contributed by atoms with Crippen LogP contribution in [0.5, 0.6) is 0 Å². The van der Waals surface area contributed by atoms with E-state index in [0.717, 1.165) is 6.42 Å². The number of rotatable bonds is 3. The van der Waals surface area contributed by atoms with Crippen LogP contribution in [0.2, 0.25) is 0 Å². The zero-order valence-corrected chi connectivity index (χ0v) is 11.9. The lowest BCUT2D eigenvalue weighted by atomic mass is 9.96. The topological polar surface area (TPSA) is 77.6 Å². The molecule has 2 N–H and O–H groups in total. The van der Waals surface area contributed by atoms with Crippen molar-refractivity contribution in [2.75, 3.05) is 25.9 Å². The van der Waals surface area contributed by atoms with Gasteiger partial charge in [-0.3, -0.25) is 9.59 Å². The molecule has 1 fully saturated rings. The lowest BCUT2D eigenvalue weighted by Gasteiger charge is -2.36. The number of nitrogens with zero attached hydrogens (tertiary/aromatic N) is 2. The Morgan fingerprint density at radius 3 is 2.95 bits per heavy atom. The van der Waals surface area contributed by atoms with Gasteiger partial charge in [-0.15, -0.1) is 0 Å². The fourth-order valence-corrected chi connectivity index (χ4v) is 2.49. The van der Waals surface area contributed by atoms with Crippen LogP contribution in [-0.2, 0) is 16.1 Å². The van der Waals surface area contributed by atoms with Crippen molar-refractivity contribution in [2.45, 2.75) is 26.0 Å². The van der Waals surface area contributed by atoms with E-state index in [1.807, 2.05) is 0 Å². The second kappa shape index (κ2) is 6.09. The second-order valence-corrected chi connectivity index (χ2v) is 5.31. The number of hydrogen-bond acceptors (Lipinski definition) is 4. The molecule has 0 aromatic carbocycles. The monoisotopic (exact) mass is 279 g/mol. The number of amides is 1. The van der Waals surface area contributed by atoms with Crippen LogP contribution in [-0.4, -0.2) is 41.7 Å². The van der Waals surface area contributed by atoms with Crippen LogP contribution < -0.4 is 11.3 Å². The fourth-order valence-electron chi connectivity index (χ4n) is 2.49. The average molecular weight is 279 g/mol. The molecule has 1 aromatic rings. The SMILES string of the molecule is COC1CN(C(=O)Cn2cc(N)ccc2=O)CCC1C. The zero-order chi connectivity index (χ0) is 14.7. The van der Waals surface area contributed by atoms with Crippen molar-refractivity contribution in [1.82, 2.24) is 9.47 Å². The van der Waals surface area contributed by atoms with E-state index in [0.29, 0.717) is 24.7 Å². The molecule has 1 amide bonds. The average Bonchev–Trinajstić information content (AvgIpc) is 2.43. The normalized spacial score (nSPS) is 22.8. The molecule has 0 saturated carbocycles. The molecule has 1 aliphatic heterocycles. The van der Waals surface area contributed by atoms with E-state index >= 15 is 0 Å². The molecule has 2 rings (SSSR count). The van der Waals surface area contributed by atoms with Gasteiger partial charge in [-0.05, 0) is 18.4 Å². The number of pyridine rings is 1. The predicted octanol–water partition coefficient (Wildman–Crippen LogP) is 0.314. The maximum Gasteiger partial charge on any atom is 0.251 e. The molecule has 0 radical (unpaired) electrons. The molecule has 0 aliphatic carbocycles. The highest BCUT2D eigenvalue weighted by molar-refractivity contribution is 5.76. The Bertz CT molecular complexity index is 541. The number of methoxy groups -OCH3 is 1. The van der Waals surface area contributed by atoms with Crippen LogP contribution in [0.3, 0.4) is 0 Å². The number of carbonyl (C=O) groups is 1. The van der Waals surface area contributed by atoms with Gasteiger partial charge in [-0.1, -0.05) is 6.92 Å². The third-order valence-electron chi connectivity index (χ3n) is 3.86.